The van der Waals surface area contributed by atoms with Crippen LogP contribution in [0, 0.1) is 11.7 Å². The van der Waals surface area contributed by atoms with Crippen molar-refractivity contribution in [3.8, 4) is 5.75 Å². The maximum atomic E-state index is 13.6. The standard InChI is InChI=1S/C15H17BrFN3O2/c1-10(2)8-20-14(5-6-18-20)19-15(21)9-22-13-4-3-11(16)7-12(13)17/h3-7,10H,8-9H2,1-2H3,(H,19,21). The Kier molecular flexibility index (Phi) is 5.54. The van der Waals surface area contributed by atoms with Crippen LogP contribution >= 0.6 is 15.9 Å². The Balaban J connectivity index is 1.92. The number of carbonyl (C=O) groups excluding carboxylic acids is 1. The number of rotatable bonds is 6. The molecule has 0 fully saturated rings. The van der Waals surface area contributed by atoms with Crippen molar-refractivity contribution in [1.29, 1.82) is 0 Å². The van der Waals surface area contributed by atoms with Crippen LogP contribution in [-0.4, -0.2) is 22.3 Å². The molecule has 0 radical (unpaired) electrons. The lowest BCUT2D eigenvalue weighted by molar-refractivity contribution is -0.118. The van der Waals surface area contributed by atoms with Crippen LogP contribution in [0.1, 0.15) is 13.8 Å². The highest BCUT2D eigenvalue weighted by Crippen LogP contribution is 2.21. The molecule has 0 spiro atoms. The van der Waals surface area contributed by atoms with E-state index in [1.807, 2.05) is 0 Å². The zero-order valence-corrected chi connectivity index (χ0v) is 13.9. The van der Waals surface area contributed by atoms with Crippen LogP contribution in [0.5, 0.6) is 5.75 Å². The number of nitrogens with zero attached hydrogens (tertiary/aromatic N) is 2. The Morgan fingerprint density at radius 3 is 2.91 bits per heavy atom. The summed E-state index contributed by atoms with van der Waals surface area (Å²) in [6.07, 6.45) is 1.62. The molecule has 0 atom stereocenters. The largest absolute Gasteiger partial charge is 0.481 e. The van der Waals surface area contributed by atoms with E-state index >= 15 is 0 Å². The minimum absolute atomic E-state index is 0.0361. The summed E-state index contributed by atoms with van der Waals surface area (Å²) >= 11 is 3.16. The Morgan fingerprint density at radius 2 is 2.23 bits per heavy atom. The highest BCUT2D eigenvalue weighted by Gasteiger charge is 2.11. The van der Waals surface area contributed by atoms with Crippen LogP contribution in [0.3, 0.4) is 0 Å². The molecule has 1 N–H and O–H groups in total. The molecular weight excluding hydrogens is 353 g/mol. The average Bonchev–Trinajstić information content (AvgIpc) is 2.84. The second-order valence-electron chi connectivity index (χ2n) is 5.20. The van der Waals surface area contributed by atoms with Crippen molar-refractivity contribution in [2.75, 3.05) is 11.9 Å². The van der Waals surface area contributed by atoms with E-state index in [0.29, 0.717) is 22.8 Å². The van der Waals surface area contributed by atoms with Crippen LogP contribution in [0.2, 0.25) is 0 Å². The molecule has 5 nitrogen and oxygen atoms in total. The summed E-state index contributed by atoms with van der Waals surface area (Å²) in [6, 6.07) is 6.11. The van der Waals surface area contributed by atoms with Gasteiger partial charge in [-0.25, -0.2) is 9.07 Å². The second kappa shape index (κ2) is 7.40. The van der Waals surface area contributed by atoms with E-state index in [1.165, 1.54) is 12.1 Å². The third-order valence-electron chi connectivity index (χ3n) is 2.77. The molecule has 0 saturated heterocycles. The number of amides is 1. The van der Waals surface area contributed by atoms with Gasteiger partial charge >= 0.3 is 0 Å². The van der Waals surface area contributed by atoms with Gasteiger partial charge in [0, 0.05) is 17.1 Å². The lowest BCUT2D eigenvalue weighted by Gasteiger charge is -2.11. The number of halogens is 2. The molecule has 1 aromatic carbocycles. The molecule has 118 valence electrons. The normalized spacial score (nSPS) is 10.8. The number of hydrogen-bond acceptors (Lipinski definition) is 3. The third kappa shape index (κ3) is 4.56. The zero-order valence-electron chi connectivity index (χ0n) is 12.3. The topological polar surface area (TPSA) is 56.2 Å². The quantitative estimate of drug-likeness (QED) is 0.848. The summed E-state index contributed by atoms with van der Waals surface area (Å²) in [7, 11) is 0. The third-order valence-corrected chi connectivity index (χ3v) is 3.27. The summed E-state index contributed by atoms with van der Waals surface area (Å²) in [6.45, 7) is 4.55. The maximum absolute atomic E-state index is 13.6. The molecule has 0 saturated carbocycles. The van der Waals surface area contributed by atoms with E-state index < -0.39 is 5.82 Å². The van der Waals surface area contributed by atoms with Crippen molar-refractivity contribution in [3.63, 3.8) is 0 Å². The average molecular weight is 370 g/mol. The number of aromatic nitrogens is 2. The van der Waals surface area contributed by atoms with Crippen molar-refractivity contribution >= 4 is 27.7 Å². The van der Waals surface area contributed by atoms with Crippen LogP contribution in [0.15, 0.2) is 34.9 Å². The Labute approximate surface area is 136 Å². The van der Waals surface area contributed by atoms with E-state index in [0.717, 1.165) is 0 Å². The van der Waals surface area contributed by atoms with Gasteiger partial charge in [-0.3, -0.25) is 4.79 Å². The Morgan fingerprint density at radius 1 is 1.45 bits per heavy atom. The van der Waals surface area contributed by atoms with Crippen LogP contribution in [-0.2, 0) is 11.3 Å². The second-order valence-corrected chi connectivity index (χ2v) is 6.12. The highest BCUT2D eigenvalue weighted by atomic mass is 79.9. The van der Waals surface area contributed by atoms with Gasteiger partial charge in [-0.05, 0) is 24.1 Å². The molecule has 0 aliphatic heterocycles. The van der Waals surface area contributed by atoms with E-state index in [1.54, 1.807) is 23.0 Å². The fourth-order valence-electron chi connectivity index (χ4n) is 1.84. The number of nitrogens with one attached hydrogen (secondary N) is 1. The number of carbonyl (C=O) groups is 1. The van der Waals surface area contributed by atoms with E-state index in [9.17, 15) is 9.18 Å². The Hall–Kier alpha value is -1.89. The molecule has 1 amide bonds. The summed E-state index contributed by atoms with van der Waals surface area (Å²) in [5.41, 5.74) is 0. The molecule has 0 aliphatic rings. The predicted molar refractivity (Wildman–Crippen MR) is 85.3 cm³/mol. The molecular formula is C15H17BrFN3O2. The minimum Gasteiger partial charge on any atom is -0.481 e. The first-order valence-electron chi connectivity index (χ1n) is 6.85. The van der Waals surface area contributed by atoms with Crippen molar-refractivity contribution in [1.82, 2.24) is 9.78 Å². The van der Waals surface area contributed by atoms with Gasteiger partial charge in [0.2, 0.25) is 0 Å². The first kappa shape index (κ1) is 16.5. The monoisotopic (exact) mass is 369 g/mol. The van der Waals surface area contributed by atoms with Gasteiger partial charge in [0.05, 0.1) is 6.20 Å². The smallest absolute Gasteiger partial charge is 0.263 e. The maximum Gasteiger partial charge on any atom is 0.263 e. The lowest BCUT2D eigenvalue weighted by Crippen LogP contribution is -2.23. The summed E-state index contributed by atoms with van der Waals surface area (Å²) < 4.78 is 21.1. The lowest BCUT2D eigenvalue weighted by atomic mass is 10.2. The minimum atomic E-state index is -0.521. The SMILES string of the molecule is CC(C)Cn1nccc1NC(=O)COc1ccc(Br)cc1F. The molecule has 1 aromatic heterocycles. The first-order valence-corrected chi connectivity index (χ1v) is 7.64. The molecule has 0 unspecified atom stereocenters. The summed E-state index contributed by atoms with van der Waals surface area (Å²) in [5.74, 6) is 0.149. The first-order chi connectivity index (χ1) is 10.5. The Bertz CT molecular complexity index is 658. The van der Waals surface area contributed by atoms with Gasteiger partial charge in [0.1, 0.15) is 5.82 Å². The molecule has 7 heteroatoms. The molecule has 0 aliphatic carbocycles. The van der Waals surface area contributed by atoms with Crippen molar-refractivity contribution in [3.05, 3.63) is 40.8 Å². The van der Waals surface area contributed by atoms with E-state index in [2.05, 4.69) is 40.2 Å². The highest BCUT2D eigenvalue weighted by molar-refractivity contribution is 9.10. The molecule has 2 rings (SSSR count). The fraction of sp³-hybridized carbons (Fsp3) is 0.333. The van der Waals surface area contributed by atoms with Gasteiger partial charge < -0.3 is 10.1 Å². The van der Waals surface area contributed by atoms with E-state index in [4.69, 9.17) is 4.74 Å². The number of benzene rings is 1. The van der Waals surface area contributed by atoms with Gasteiger partial charge in [0.25, 0.3) is 5.91 Å². The van der Waals surface area contributed by atoms with Crippen molar-refractivity contribution < 1.29 is 13.9 Å². The van der Waals surface area contributed by atoms with Gasteiger partial charge in [-0.2, -0.15) is 5.10 Å². The van der Waals surface area contributed by atoms with Gasteiger partial charge in [-0.1, -0.05) is 29.8 Å². The van der Waals surface area contributed by atoms with Crippen LogP contribution in [0.4, 0.5) is 10.2 Å². The molecule has 1 heterocycles. The zero-order chi connectivity index (χ0) is 16.1. The molecule has 2 aromatic rings. The van der Waals surface area contributed by atoms with Crippen molar-refractivity contribution in [2.45, 2.75) is 20.4 Å². The molecule has 0 bridgehead atoms. The number of anilines is 1. The number of ether oxygens (including phenoxy) is 1. The van der Waals surface area contributed by atoms with Gasteiger partial charge in [0.15, 0.2) is 18.2 Å². The molecule has 22 heavy (non-hydrogen) atoms. The summed E-state index contributed by atoms with van der Waals surface area (Å²) in [5, 5.41) is 6.85. The number of hydrogen-bond donors (Lipinski definition) is 1. The predicted octanol–water partition coefficient (Wildman–Crippen LogP) is 3.46. The summed E-state index contributed by atoms with van der Waals surface area (Å²) in [4.78, 5) is 11.9. The van der Waals surface area contributed by atoms with E-state index in [-0.39, 0.29) is 18.3 Å². The van der Waals surface area contributed by atoms with Crippen LogP contribution in [0.25, 0.3) is 0 Å². The van der Waals surface area contributed by atoms with Gasteiger partial charge in [-0.15, -0.1) is 0 Å². The van der Waals surface area contributed by atoms with Crippen LogP contribution < -0.4 is 10.1 Å². The fourth-order valence-corrected chi connectivity index (χ4v) is 2.18. The van der Waals surface area contributed by atoms with Crippen molar-refractivity contribution in [2.24, 2.45) is 5.92 Å².